The van der Waals surface area contributed by atoms with Gasteiger partial charge in [0, 0.05) is 11.6 Å². The molecule has 1 aromatic carbocycles. The highest BCUT2D eigenvalue weighted by atomic mass is 16.5. The molecule has 0 amide bonds. The topological polar surface area (TPSA) is 91.0 Å². The Morgan fingerprint density at radius 1 is 1.15 bits per heavy atom. The van der Waals surface area contributed by atoms with Gasteiger partial charge in [0.25, 0.3) is 0 Å². The van der Waals surface area contributed by atoms with Crippen LogP contribution in [0.5, 0.6) is 17.2 Å². The van der Waals surface area contributed by atoms with E-state index in [4.69, 9.17) is 23.8 Å². The second-order valence-electron chi connectivity index (χ2n) is 3.76. The number of methoxy groups -OCH3 is 3. The number of carbonyl (C=O) groups is 1. The number of carboxylic acid groups (broad SMARTS) is 1. The molecule has 1 N–H and O–H groups in total. The molecule has 0 fully saturated rings. The number of hydrogen-bond acceptors (Lipinski definition) is 6. The molecule has 1 aromatic heterocycles. The molecule has 0 saturated carbocycles. The van der Waals surface area contributed by atoms with Crippen LogP contribution in [-0.2, 0) is 0 Å². The molecule has 0 unspecified atom stereocenters. The number of benzene rings is 1. The van der Waals surface area contributed by atoms with Gasteiger partial charge >= 0.3 is 5.97 Å². The van der Waals surface area contributed by atoms with Crippen LogP contribution in [0.25, 0.3) is 11.3 Å². The SMILES string of the molecule is COc1ccc(-c2cc(C(=O)O)on2)c(OC)c1OC. The van der Waals surface area contributed by atoms with Crippen molar-refractivity contribution in [2.75, 3.05) is 21.3 Å². The van der Waals surface area contributed by atoms with E-state index >= 15 is 0 Å². The first-order valence-corrected chi connectivity index (χ1v) is 5.61. The molecule has 7 heteroatoms. The van der Waals surface area contributed by atoms with Gasteiger partial charge in [-0.05, 0) is 12.1 Å². The summed E-state index contributed by atoms with van der Waals surface area (Å²) in [5.74, 6) is -0.167. The van der Waals surface area contributed by atoms with Gasteiger partial charge in [0.2, 0.25) is 11.5 Å². The minimum Gasteiger partial charge on any atom is -0.493 e. The fourth-order valence-electron chi connectivity index (χ4n) is 1.81. The van der Waals surface area contributed by atoms with Crippen LogP contribution in [0, 0.1) is 0 Å². The van der Waals surface area contributed by atoms with E-state index in [9.17, 15) is 4.79 Å². The van der Waals surface area contributed by atoms with Gasteiger partial charge in [0.05, 0.1) is 21.3 Å². The van der Waals surface area contributed by atoms with Crippen molar-refractivity contribution in [3.63, 3.8) is 0 Å². The molecular weight excluding hydrogens is 266 g/mol. The lowest BCUT2D eigenvalue weighted by Crippen LogP contribution is -1.97. The molecule has 0 aliphatic carbocycles. The lowest BCUT2D eigenvalue weighted by Gasteiger charge is -2.14. The molecule has 2 aromatic rings. The predicted octanol–water partition coefficient (Wildman–Crippen LogP) is 2.07. The average Bonchev–Trinajstić information content (AvgIpc) is 2.95. The van der Waals surface area contributed by atoms with E-state index in [1.54, 1.807) is 12.1 Å². The Labute approximate surface area is 114 Å². The van der Waals surface area contributed by atoms with Crippen molar-refractivity contribution >= 4 is 5.97 Å². The van der Waals surface area contributed by atoms with Gasteiger partial charge < -0.3 is 23.8 Å². The van der Waals surface area contributed by atoms with Gasteiger partial charge in [-0.3, -0.25) is 0 Å². The summed E-state index contributed by atoms with van der Waals surface area (Å²) in [4.78, 5) is 10.8. The third-order valence-electron chi connectivity index (χ3n) is 2.70. The number of aromatic nitrogens is 1. The van der Waals surface area contributed by atoms with Crippen molar-refractivity contribution in [1.82, 2.24) is 5.16 Å². The highest BCUT2D eigenvalue weighted by Gasteiger charge is 2.20. The zero-order chi connectivity index (χ0) is 14.7. The Hall–Kier alpha value is -2.70. The van der Waals surface area contributed by atoms with E-state index in [-0.39, 0.29) is 5.76 Å². The van der Waals surface area contributed by atoms with Crippen LogP contribution in [0.15, 0.2) is 22.7 Å². The summed E-state index contributed by atoms with van der Waals surface area (Å²) in [5, 5.41) is 12.6. The molecule has 0 bridgehead atoms. The third-order valence-corrected chi connectivity index (χ3v) is 2.70. The van der Waals surface area contributed by atoms with Gasteiger partial charge in [-0.1, -0.05) is 5.16 Å². The summed E-state index contributed by atoms with van der Waals surface area (Å²) in [6, 6.07) is 4.67. The van der Waals surface area contributed by atoms with E-state index in [1.165, 1.54) is 27.4 Å². The number of nitrogens with zero attached hydrogens (tertiary/aromatic N) is 1. The summed E-state index contributed by atoms with van der Waals surface area (Å²) >= 11 is 0. The highest BCUT2D eigenvalue weighted by molar-refractivity contribution is 5.86. The van der Waals surface area contributed by atoms with Gasteiger partial charge in [-0.25, -0.2) is 4.79 Å². The second-order valence-corrected chi connectivity index (χ2v) is 3.76. The molecular formula is C13H13NO6. The normalized spacial score (nSPS) is 10.2. The van der Waals surface area contributed by atoms with Gasteiger partial charge in [-0.15, -0.1) is 0 Å². The monoisotopic (exact) mass is 279 g/mol. The maximum absolute atomic E-state index is 10.8. The number of aromatic carboxylic acids is 1. The first kappa shape index (κ1) is 13.7. The van der Waals surface area contributed by atoms with Crippen LogP contribution >= 0.6 is 0 Å². The predicted molar refractivity (Wildman–Crippen MR) is 68.6 cm³/mol. The largest absolute Gasteiger partial charge is 0.493 e. The molecule has 0 spiro atoms. The van der Waals surface area contributed by atoms with Crippen LogP contribution in [0.2, 0.25) is 0 Å². The number of rotatable bonds is 5. The van der Waals surface area contributed by atoms with Crippen molar-refractivity contribution < 1.29 is 28.6 Å². The summed E-state index contributed by atoms with van der Waals surface area (Å²) in [6.45, 7) is 0. The Bertz CT molecular complexity index is 634. The highest BCUT2D eigenvalue weighted by Crippen LogP contribution is 2.43. The van der Waals surface area contributed by atoms with Gasteiger partial charge in [0.15, 0.2) is 11.5 Å². The van der Waals surface area contributed by atoms with Gasteiger partial charge in [0.1, 0.15) is 5.69 Å². The van der Waals surface area contributed by atoms with Gasteiger partial charge in [-0.2, -0.15) is 0 Å². The van der Waals surface area contributed by atoms with Crippen LogP contribution in [0.4, 0.5) is 0 Å². The smallest absolute Gasteiger partial charge is 0.374 e. The van der Waals surface area contributed by atoms with E-state index in [0.717, 1.165) is 0 Å². The summed E-state index contributed by atoms with van der Waals surface area (Å²) < 4.78 is 20.5. The summed E-state index contributed by atoms with van der Waals surface area (Å²) in [5.41, 5.74) is 0.876. The van der Waals surface area contributed by atoms with Crippen molar-refractivity contribution in [3.8, 4) is 28.5 Å². The number of ether oxygens (including phenoxy) is 3. The molecule has 20 heavy (non-hydrogen) atoms. The molecule has 0 aliphatic heterocycles. The maximum atomic E-state index is 10.8. The van der Waals surface area contributed by atoms with Crippen molar-refractivity contribution in [1.29, 1.82) is 0 Å². The second kappa shape index (κ2) is 5.52. The standard InChI is InChI=1S/C13H13NO6/c1-17-9-5-4-7(11(18-2)12(9)19-3)8-6-10(13(15)16)20-14-8/h4-6H,1-3H3,(H,15,16). The Kier molecular flexibility index (Phi) is 3.79. The molecule has 1 heterocycles. The maximum Gasteiger partial charge on any atom is 0.374 e. The first-order chi connectivity index (χ1) is 9.62. The van der Waals surface area contributed by atoms with E-state index in [0.29, 0.717) is 28.5 Å². The summed E-state index contributed by atoms with van der Waals surface area (Å²) in [6.07, 6.45) is 0. The van der Waals surface area contributed by atoms with Crippen molar-refractivity contribution in [3.05, 3.63) is 24.0 Å². The number of hydrogen-bond donors (Lipinski definition) is 1. The molecule has 0 radical (unpaired) electrons. The van der Waals surface area contributed by atoms with Crippen LogP contribution in [0.1, 0.15) is 10.6 Å². The molecule has 106 valence electrons. The van der Waals surface area contributed by atoms with Crippen LogP contribution in [0.3, 0.4) is 0 Å². The van der Waals surface area contributed by atoms with Crippen LogP contribution < -0.4 is 14.2 Å². The third kappa shape index (κ3) is 2.25. The summed E-state index contributed by atoms with van der Waals surface area (Å²) in [7, 11) is 4.46. The number of carboxylic acids is 1. The molecule has 0 aliphatic rings. The molecule has 7 nitrogen and oxygen atoms in total. The Morgan fingerprint density at radius 3 is 2.35 bits per heavy atom. The van der Waals surface area contributed by atoms with Crippen molar-refractivity contribution in [2.24, 2.45) is 0 Å². The Morgan fingerprint density at radius 2 is 1.85 bits per heavy atom. The minimum atomic E-state index is -1.19. The van der Waals surface area contributed by atoms with Crippen LogP contribution in [-0.4, -0.2) is 37.6 Å². The quantitative estimate of drug-likeness (QED) is 0.895. The molecule has 0 atom stereocenters. The first-order valence-electron chi connectivity index (χ1n) is 5.61. The lowest BCUT2D eigenvalue weighted by molar-refractivity contribution is 0.0652. The Balaban J connectivity index is 2.58. The minimum absolute atomic E-state index is 0.253. The average molecular weight is 279 g/mol. The zero-order valence-corrected chi connectivity index (χ0v) is 11.2. The zero-order valence-electron chi connectivity index (χ0n) is 11.2. The lowest BCUT2D eigenvalue weighted by atomic mass is 10.1. The molecule has 2 rings (SSSR count). The van der Waals surface area contributed by atoms with E-state index in [1.807, 2.05) is 0 Å². The van der Waals surface area contributed by atoms with E-state index in [2.05, 4.69) is 5.16 Å². The fraction of sp³-hybridized carbons (Fsp3) is 0.231. The van der Waals surface area contributed by atoms with E-state index < -0.39 is 5.97 Å². The molecule has 0 saturated heterocycles. The fourth-order valence-corrected chi connectivity index (χ4v) is 1.81. The van der Waals surface area contributed by atoms with Crippen molar-refractivity contribution in [2.45, 2.75) is 0 Å².